The van der Waals surface area contributed by atoms with E-state index in [-0.39, 0.29) is 5.97 Å². The molecule has 1 atom stereocenters. The molecule has 0 aliphatic rings. The molecule has 16 heavy (non-hydrogen) atoms. The summed E-state index contributed by atoms with van der Waals surface area (Å²) in [5.41, 5.74) is 1.67. The first-order chi connectivity index (χ1) is 7.54. The molecule has 0 heterocycles. The van der Waals surface area contributed by atoms with E-state index >= 15 is 0 Å². The van der Waals surface area contributed by atoms with Crippen molar-refractivity contribution < 1.29 is 9.53 Å². The van der Waals surface area contributed by atoms with Crippen LogP contribution in [0.2, 0.25) is 0 Å². The zero-order chi connectivity index (χ0) is 12.1. The van der Waals surface area contributed by atoms with Crippen molar-refractivity contribution in [1.29, 1.82) is 0 Å². The summed E-state index contributed by atoms with van der Waals surface area (Å²) in [5.74, 6) is 0.724. The van der Waals surface area contributed by atoms with E-state index in [0.29, 0.717) is 17.2 Å². The van der Waals surface area contributed by atoms with Gasteiger partial charge in [-0.25, -0.2) is 4.79 Å². The van der Waals surface area contributed by atoms with E-state index in [2.05, 4.69) is 20.4 Å². The van der Waals surface area contributed by atoms with Gasteiger partial charge in [0.05, 0.1) is 0 Å². The largest absolute Gasteiger partial charge is 0.423 e. The summed E-state index contributed by atoms with van der Waals surface area (Å²) in [6.07, 6.45) is 1.10. The molecule has 0 N–H and O–H groups in total. The molecule has 2 heteroatoms. The molecule has 0 bridgehead atoms. The number of benzene rings is 1. The molecule has 0 radical (unpaired) electrons. The number of carbonyl (C=O) groups is 1. The van der Waals surface area contributed by atoms with Crippen molar-refractivity contribution in [2.24, 2.45) is 0 Å². The Labute approximate surface area is 96.9 Å². The Hall–Kier alpha value is -1.57. The van der Waals surface area contributed by atoms with Gasteiger partial charge in [0.15, 0.2) is 0 Å². The molecule has 0 aliphatic carbocycles. The van der Waals surface area contributed by atoms with E-state index < -0.39 is 0 Å². The predicted molar refractivity (Wildman–Crippen MR) is 65.6 cm³/mol. The second kappa shape index (κ2) is 5.50. The molecule has 1 rings (SSSR count). The lowest BCUT2D eigenvalue weighted by atomic mass is 9.99. The fourth-order valence-electron chi connectivity index (χ4n) is 1.29. The summed E-state index contributed by atoms with van der Waals surface area (Å²) in [6.45, 7) is 9.50. The molecular weight excluding hydrogens is 200 g/mol. The lowest BCUT2D eigenvalue weighted by Gasteiger charge is -2.09. The molecule has 0 aliphatic heterocycles. The highest BCUT2D eigenvalue weighted by atomic mass is 16.5. The number of hydrogen-bond acceptors (Lipinski definition) is 2. The van der Waals surface area contributed by atoms with Crippen LogP contribution in [0.15, 0.2) is 36.4 Å². The van der Waals surface area contributed by atoms with Crippen molar-refractivity contribution in [3.05, 3.63) is 42.0 Å². The van der Waals surface area contributed by atoms with Crippen LogP contribution >= 0.6 is 0 Å². The average Bonchev–Trinajstić information content (AvgIpc) is 2.28. The molecule has 0 spiro atoms. The maximum absolute atomic E-state index is 11.3. The Balaban J connectivity index is 2.72. The molecule has 0 amide bonds. The van der Waals surface area contributed by atoms with Gasteiger partial charge in [0.2, 0.25) is 0 Å². The van der Waals surface area contributed by atoms with E-state index in [1.165, 1.54) is 5.56 Å². The third kappa shape index (κ3) is 3.23. The van der Waals surface area contributed by atoms with E-state index in [0.717, 1.165) is 6.42 Å². The van der Waals surface area contributed by atoms with Crippen LogP contribution in [-0.4, -0.2) is 5.97 Å². The molecule has 0 saturated carbocycles. The van der Waals surface area contributed by atoms with E-state index in [1.54, 1.807) is 6.92 Å². The Bertz CT molecular complexity index is 376. The van der Waals surface area contributed by atoms with Gasteiger partial charge in [0.1, 0.15) is 5.75 Å². The highest BCUT2D eigenvalue weighted by molar-refractivity contribution is 5.88. The SMILES string of the molecule is C=C(C)C(=O)Oc1ccc(C(C)CC)cc1. The standard InChI is InChI=1S/C14H18O2/c1-5-11(4)12-6-8-13(9-7-12)16-14(15)10(2)3/h6-9,11H,2,5H2,1,3-4H3. The van der Waals surface area contributed by atoms with Crippen LogP contribution in [0.1, 0.15) is 38.7 Å². The van der Waals surface area contributed by atoms with Gasteiger partial charge in [-0.2, -0.15) is 0 Å². The molecular formula is C14H18O2. The Morgan fingerprint density at radius 2 is 1.94 bits per heavy atom. The molecule has 1 aromatic rings. The highest BCUT2D eigenvalue weighted by Gasteiger charge is 2.06. The fraction of sp³-hybridized carbons (Fsp3) is 0.357. The lowest BCUT2D eigenvalue weighted by molar-refractivity contribution is -0.130. The third-order valence-electron chi connectivity index (χ3n) is 2.62. The maximum atomic E-state index is 11.3. The monoisotopic (exact) mass is 218 g/mol. The molecule has 2 nitrogen and oxygen atoms in total. The molecule has 0 fully saturated rings. The summed E-state index contributed by atoms with van der Waals surface area (Å²) in [4.78, 5) is 11.3. The van der Waals surface area contributed by atoms with Crippen LogP contribution in [0.3, 0.4) is 0 Å². The minimum Gasteiger partial charge on any atom is -0.423 e. The summed E-state index contributed by atoms with van der Waals surface area (Å²) in [6, 6.07) is 7.63. The van der Waals surface area contributed by atoms with Gasteiger partial charge in [0, 0.05) is 5.57 Å². The minimum atomic E-state index is -0.378. The molecule has 0 aromatic heterocycles. The van der Waals surface area contributed by atoms with E-state index in [1.807, 2.05) is 24.3 Å². The molecule has 86 valence electrons. The molecule has 1 aromatic carbocycles. The summed E-state index contributed by atoms with van der Waals surface area (Å²) in [7, 11) is 0. The minimum absolute atomic E-state index is 0.378. The van der Waals surface area contributed by atoms with Crippen molar-refractivity contribution in [1.82, 2.24) is 0 Å². The summed E-state index contributed by atoms with van der Waals surface area (Å²) >= 11 is 0. The van der Waals surface area contributed by atoms with Crippen molar-refractivity contribution in [2.75, 3.05) is 0 Å². The Morgan fingerprint density at radius 1 is 1.38 bits per heavy atom. The molecule has 1 unspecified atom stereocenters. The second-order valence-corrected chi connectivity index (χ2v) is 4.05. The van der Waals surface area contributed by atoms with Crippen LogP contribution in [-0.2, 0) is 4.79 Å². The average molecular weight is 218 g/mol. The Kier molecular flexibility index (Phi) is 4.29. The van der Waals surface area contributed by atoms with Gasteiger partial charge in [-0.05, 0) is 37.0 Å². The van der Waals surface area contributed by atoms with Crippen LogP contribution in [0.25, 0.3) is 0 Å². The van der Waals surface area contributed by atoms with Gasteiger partial charge in [-0.1, -0.05) is 32.6 Å². The van der Waals surface area contributed by atoms with E-state index in [9.17, 15) is 4.79 Å². The van der Waals surface area contributed by atoms with Gasteiger partial charge in [0.25, 0.3) is 0 Å². The number of esters is 1. The van der Waals surface area contributed by atoms with Crippen LogP contribution in [0.4, 0.5) is 0 Å². The predicted octanol–water partition coefficient (Wildman–Crippen LogP) is 3.68. The van der Waals surface area contributed by atoms with Gasteiger partial charge < -0.3 is 4.74 Å². The van der Waals surface area contributed by atoms with Crippen molar-refractivity contribution >= 4 is 5.97 Å². The molecule has 0 saturated heterocycles. The van der Waals surface area contributed by atoms with Crippen molar-refractivity contribution in [3.63, 3.8) is 0 Å². The summed E-state index contributed by atoms with van der Waals surface area (Å²) in [5, 5.41) is 0. The zero-order valence-corrected chi connectivity index (χ0v) is 10.1. The maximum Gasteiger partial charge on any atom is 0.338 e. The first kappa shape index (κ1) is 12.5. The highest BCUT2D eigenvalue weighted by Crippen LogP contribution is 2.21. The lowest BCUT2D eigenvalue weighted by Crippen LogP contribution is -2.08. The first-order valence-corrected chi connectivity index (χ1v) is 5.52. The topological polar surface area (TPSA) is 26.3 Å². The van der Waals surface area contributed by atoms with Crippen molar-refractivity contribution in [2.45, 2.75) is 33.1 Å². The third-order valence-corrected chi connectivity index (χ3v) is 2.62. The smallest absolute Gasteiger partial charge is 0.338 e. The van der Waals surface area contributed by atoms with Gasteiger partial charge in [-0.15, -0.1) is 0 Å². The number of hydrogen-bond donors (Lipinski definition) is 0. The van der Waals surface area contributed by atoms with Crippen LogP contribution in [0, 0.1) is 0 Å². The fourth-order valence-corrected chi connectivity index (χ4v) is 1.29. The number of carbonyl (C=O) groups excluding carboxylic acids is 1. The Morgan fingerprint density at radius 3 is 2.38 bits per heavy atom. The van der Waals surface area contributed by atoms with Crippen LogP contribution < -0.4 is 4.74 Å². The number of ether oxygens (including phenoxy) is 1. The van der Waals surface area contributed by atoms with Gasteiger partial charge in [-0.3, -0.25) is 0 Å². The first-order valence-electron chi connectivity index (χ1n) is 5.52. The number of rotatable bonds is 4. The van der Waals surface area contributed by atoms with Crippen molar-refractivity contribution in [3.8, 4) is 5.75 Å². The van der Waals surface area contributed by atoms with Crippen LogP contribution in [0.5, 0.6) is 5.75 Å². The normalized spacial score (nSPS) is 11.9. The van der Waals surface area contributed by atoms with E-state index in [4.69, 9.17) is 4.74 Å². The second-order valence-electron chi connectivity index (χ2n) is 4.05. The quantitative estimate of drug-likeness (QED) is 0.438. The van der Waals surface area contributed by atoms with Gasteiger partial charge >= 0.3 is 5.97 Å². The zero-order valence-electron chi connectivity index (χ0n) is 10.1. The summed E-state index contributed by atoms with van der Waals surface area (Å²) < 4.78 is 5.11.